The highest BCUT2D eigenvalue weighted by molar-refractivity contribution is 5.92. The fourth-order valence-electron chi connectivity index (χ4n) is 13.5. The maximum absolute atomic E-state index is 13.6. The predicted octanol–water partition coefficient (Wildman–Crippen LogP) is 4.38. The average Bonchev–Trinajstić information content (AvgIpc) is 3.71. The van der Waals surface area contributed by atoms with Crippen LogP contribution in [0.2, 0.25) is 0 Å². The summed E-state index contributed by atoms with van der Waals surface area (Å²) in [4.78, 5) is 19.9. The minimum absolute atomic E-state index is 0.0160. The lowest BCUT2D eigenvalue weighted by Gasteiger charge is -2.61. The molecule has 0 aromatic carbocycles. The fraction of sp³-hybridized carbons (Fsp3) is 0.744. The van der Waals surface area contributed by atoms with E-state index in [1.54, 1.807) is 7.05 Å². The highest BCUT2D eigenvalue weighted by atomic mass is 16.5. The maximum atomic E-state index is 13.6. The molecule has 0 aromatic heterocycles. The van der Waals surface area contributed by atoms with Gasteiger partial charge in [0, 0.05) is 49.6 Å². The summed E-state index contributed by atoms with van der Waals surface area (Å²) < 4.78 is 7.19. The molecule has 0 unspecified atom stereocenters. The number of nitrogens with zero attached hydrogens (tertiary/aromatic N) is 2. The van der Waals surface area contributed by atoms with E-state index in [0.717, 1.165) is 24.8 Å². The molecule has 6 aliphatic carbocycles. The van der Waals surface area contributed by atoms with E-state index in [4.69, 9.17) is 10.5 Å². The molecular formula is C39H56N4O5. The summed E-state index contributed by atoms with van der Waals surface area (Å²) >= 11 is 0. The molecule has 2 heterocycles. The number of hydrogen-bond donors (Lipinski definition) is 5. The number of aliphatic imine (C=N–C) groups is 1. The van der Waals surface area contributed by atoms with E-state index >= 15 is 0 Å². The Balaban J connectivity index is 1.19. The van der Waals surface area contributed by atoms with Gasteiger partial charge in [-0.25, -0.2) is 4.79 Å². The van der Waals surface area contributed by atoms with Crippen molar-refractivity contribution in [3.63, 3.8) is 0 Å². The van der Waals surface area contributed by atoms with Crippen LogP contribution in [-0.2, 0) is 9.53 Å². The van der Waals surface area contributed by atoms with Crippen molar-refractivity contribution in [2.45, 2.75) is 95.4 Å². The second-order valence-corrected chi connectivity index (χ2v) is 16.8. The van der Waals surface area contributed by atoms with Crippen LogP contribution < -0.4 is 11.1 Å². The van der Waals surface area contributed by atoms with E-state index < -0.39 is 23.1 Å². The van der Waals surface area contributed by atoms with Gasteiger partial charge < -0.3 is 36.0 Å². The monoisotopic (exact) mass is 660 g/mol. The van der Waals surface area contributed by atoms with Crippen LogP contribution in [0.3, 0.4) is 0 Å². The number of guanidine groups is 1. The third-order valence-electron chi connectivity index (χ3n) is 15.3. The van der Waals surface area contributed by atoms with Crippen molar-refractivity contribution < 1.29 is 24.9 Å². The van der Waals surface area contributed by atoms with Gasteiger partial charge in [-0.1, -0.05) is 50.1 Å². The lowest BCUT2D eigenvalue weighted by Crippen LogP contribution is -2.63. The number of fused-ring (bicyclic) bond motifs is 4. The molecule has 2 bridgehead atoms. The Morgan fingerprint density at radius 2 is 1.94 bits per heavy atom. The van der Waals surface area contributed by atoms with Gasteiger partial charge in [-0.3, -0.25) is 4.99 Å². The van der Waals surface area contributed by atoms with E-state index in [2.05, 4.69) is 47.6 Å². The van der Waals surface area contributed by atoms with Crippen molar-refractivity contribution >= 4 is 11.9 Å². The SMILES string of the molecule is CN=C(N)N1C=C[C@H](CNCCO)[C@@]2(C1)[C@@H]1CC[C@@H](C)[C@]23C[C@](O)([C@@H]2CC[C@@H]4CC5(CCCC5)[C@@H]5C=CC=C[C@@H]5[C@@H]4O2)C(C(=O)O)=C3C1. The van der Waals surface area contributed by atoms with Gasteiger partial charge in [0.25, 0.3) is 0 Å². The van der Waals surface area contributed by atoms with Gasteiger partial charge in [-0.05, 0) is 98.4 Å². The van der Waals surface area contributed by atoms with Crippen LogP contribution >= 0.6 is 0 Å². The van der Waals surface area contributed by atoms with Gasteiger partial charge >= 0.3 is 5.97 Å². The zero-order valence-corrected chi connectivity index (χ0v) is 28.8. The van der Waals surface area contributed by atoms with E-state index in [0.29, 0.717) is 62.1 Å². The lowest BCUT2D eigenvalue weighted by molar-refractivity contribution is -0.210. The van der Waals surface area contributed by atoms with Crippen LogP contribution in [-0.4, -0.2) is 83.2 Å². The molecule has 8 aliphatic rings. The number of carboxylic acids is 1. The molecule has 0 aromatic rings. The molecule has 3 spiro atoms. The Bertz CT molecular complexity index is 1460. The van der Waals surface area contributed by atoms with Crippen LogP contribution in [0.1, 0.15) is 77.6 Å². The molecule has 11 atom stereocenters. The van der Waals surface area contributed by atoms with Crippen molar-refractivity contribution in [1.82, 2.24) is 10.2 Å². The van der Waals surface area contributed by atoms with Crippen molar-refractivity contribution in [2.24, 2.45) is 62.5 Å². The van der Waals surface area contributed by atoms with Crippen LogP contribution in [0.4, 0.5) is 0 Å². The van der Waals surface area contributed by atoms with E-state index in [1.165, 1.54) is 32.1 Å². The standard InChI is InChI=1S/C39H56N4O5/c1-24-9-11-26-19-30-32(34(45)46)39(47,22-37(24,30)38(26)23-43(35(40)41-2)17-13-27(38)21-42-16-18-44)31-12-10-25-20-36(14-5-6-15-36)29-8-4-3-7-28(29)33(25)48-31/h3-4,7-8,13,17,24-29,31,33,42,44,47H,5-6,9-12,14-16,18-23H2,1-2H3,(H2,40,41)(H,45,46)/t24-,25-,26-,27-,28+,29-,31+,33-,37+,38-,39+/m1/s1. The summed E-state index contributed by atoms with van der Waals surface area (Å²) in [6, 6.07) is 0. The smallest absolute Gasteiger partial charge is 0.334 e. The number of carbonyl (C=O) groups is 1. The van der Waals surface area contributed by atoms with Crippen LogP contribution in [0, 0.1) is 51.8 Å². The Hall–Kier alpha value is -2.46. The highest BCUT2D eigenvalue weighted by Gasteiger charge is 2.76. The molecular weight excluding hydrogens is 604 g/mol. The first-order valence-corrected chi connectivity index (χ1v) is 18.8. The normalized spacial score (nSPS) is 45.6. The van der Waals surface area contributed by atoms with Crippen molar-refractivity contribution in [3.05, 3.63) is 47.7 Å². The average molecular weight is 661 g/mol. The predicted molar refractivity (Wildman–Crippen MR) is 185 cm³/mol. The number of hydrogen-bond acceptors (Lipinski definition) is 6. The second kappa shape index (κ2) is 11.8. The summed E-state index contributed by atoms with van der Waals surface area (Å²) in [7, 11) is 1.71. The molecule has 4 saturated carbocycles. The molecule has 1 saturated heterocycles. The number of nitrogens with one attached hydrogen (secondary N) is 1. The third-order valence-corrected chi connectivity index (χ3v) is 15.3. The van der Waals surface area contributed by atoms with Crippen molar-refractivity contribution in [2.75, 3.05) is 33.3 Å². The Kier molecular flexibility index (Phi) is 8.06. The maximum Gasteiger partial charge on any atom is 0.334 e. The molecule has 5 fully saturated rings. The number of carboxylic acid groups (broad SMARTS) is 1. The summed E-state index contributed by atoms with van der Waals surface area (Å²) in [5.74, 6) is 1.08. The van der Waals surface area contributed by atoms with Gasteiger partial charge in [-0.15, -0.1) is 0 Å². The summed E-state index contributed by atoms with van der Waals surface area (Å²) in [6.07, 6.45) is 23.9. The number of rotatable bonds is 6. The number of nitrogens with two attached hydrogens (primary N) is 1. The molecule has 262 valence electrons. The zero-order valence-electron chi connectivity index (χ0n) is 28.8. The number of aliphatic carboxylic acids is 1. The minimum Gasteiger partial charge on any atom is -0.478 e. The molecule has 9 heteroatoms. The van der Waals surface area contributed by atoms with E-state index in [-0.39, 0.29) is 47.4 Å². The number of aliphatic hydroxyl groups is 2. The van der Waals surface area contributed by atoms with Crippen LogP contribution in [0.15, 0.2) is 52.7 Å². The van der Waals surface area contributed by atoms with Gasteiger partial charge in [0.15, 0.2) is 5.96 Å². The zero-order chi connectivity index (χ0) is 33.5. The summed E-state index contributed by atoms with van der Waals surface area (Å²) in [5.41, 5.74) is 5.53. The van der Waals surface area contributed by atoms with Gasteiger partial charge in [-0.2, -0.15) is 0 Å². The Labute approximate surface area is 285 Å². The Morgan fingerprint density at radius 3 is 2.69 bits per heavy atom. The molecule has 48 heavy (non-hydrogen) atoms. The molecule has 6 N–H and O–H groups in total. The number of allylic oxidation sites excluding steroid dienone is 4. The first kappa shape index (κ1) is 32.7. The van der Waals surface area contributed by atoms with Gasteiger partial charge in [0.2, 0.25) is 0 Å². The summed E-state index contributed by atoms with van der Waals surface area (Å²) in [6.45, 7) is 4.13. The number of aliphatic hydroxyl groups excluding tert-OH is 1. The van der Waals surface area contributed by atoms with E-state index in [1.807, 2.05) is 11.1 Å². The largest absolute Gasteiger partial charge is 0.478 e. The van der Waals surface area contributed by atoms with Gasteiger partial charge in [0.05, 0.1) is 24.4 Å². The highest BCUT2D eigenvalue weighted by Crippen LogP contribution is 2.77. The fourth-order valence-corrected chi connectivity index (χ4v) is 13.5. The van der Waals surface area contributed by atoms with Crippen LogP contribution in [0.5, 0.6) is 0 Å². The molecule has 9 nitrogen and oxygen atoms in total. The van der Waals surface area contributed by atoms with Crippen molar-refractivity contribution in [1.29, 1.82) is 0 Å². The Morgan fingerprint density at radius 1 is 1.15 bits per heavy atom. The van der Waals surface area contributed by atoms with Gasteiger partial charge in [0.1, 0.15) is 5.60 Å². The molecule has 0 amide bonds. The quantitative estimate of drug-likeness (QED) is 0.161. The van der Waals surface area contributed by atoms with Crippen LogP contribution in [0.25, 0.3) is 0 Å². The molecule has 0 radical (unpaired) electrons. The topological polar surface area (TPSA) is 141 Å². The molecule has 8 rings (SSSR count). The first-order chi connectivity index (χ1) is 23.1. The third kappa shape index (κ3) is 4.35. The van der Waals surface area contributed by atoms with Crippen molar-refractivity contribution in [3.8, 4) is 0 Å². The number of ether oxygens (including phenoxy) is 1. The van der Waals surface area contributed by atoms with E-state index in [9.17, 15) is 20.1 Å². The summed E-state index contributed by atoms with van der Waals surface area (Å²) in [5, 5.41) is 37.4. The molecule has 2 aliphatic heterocycles. The second-order valence-electron chi connectivity index (χ2n) is 16.8. The lowest BCUT2D eigenvalue weighted by atomic mass is 9.45. The minimum atomic E-state index is -1.58. The first-order valence-electron chi connectivity index (χ1n) is 18.8.